The van der Waals surface area contributed by atoms with Crippen molar-refractivity contribution in [3.63, 3.8) is 0 Å². The maximum Gasteiger partial charge on any atom is 0.343 e. The molecule has 7 heteroatoms. The van der Waals surface area contributed by atoms with Crippen molar-refractivity contribution >= 4 is 23.4 Å². The van der Waals surface area contributed by atoms with Gasteiger partial charge < -0.3 is 5.32 Å². The summed E-state index contributed by atoms with van der Waals surface area (Å²) in [5, 5.41) is 9.68. The number of hydrogen-bond donors (Lipinski definition) is 2. The summed E-state index contributed by atoms with van der Waals surface area (Å²) in [7, 11) is 0. The summed E-state index contributed by atoms with van der Waals surface area (Å²) in [4.78, 5) is 24.4. The van der Waals surface area contributed by atoms with Gasteiger partial charge in [0.2, 0.25) is 5.91 Å². The lowest BCUT2D eigenvalue weighted by Crippen LogP contribution is -2.24. The van der Waals surface area contributed by atoms with Crippen LogP contribution in [0.2, 0.25) is 0 Å². The smallest absolute Gasteiger partial charge is 0.325 e. The molecule has 2 aromatic rings. The Morgan fingerprint density at radius 3 is 2.72 bits per heavy atom. The first-order chi connectivity index (χ1) is 12.0. The van der Waals surface area contributed by atoms with Crippen molar-refractivity contribution in [1.82, 2.24) is 14.8 Å². The van der Waals surface area contributed by atoms with Gasteiger partial charge in [0, 0.05) is 12.2 Å². The summed E-state index contributed by atoms with van der Waals surface area (Å²) < 4.78 is 1.57. The van der Waals surface area contributed by atoms with E-state index >= 15 is 0 Å². The Kier molecular flexibility index (Phi) is 6.87. The largest absolute Gasteiger partial charge is 0.343 e. The van der Waals surface area contributed by atoms with E-state index < -0.39 is 0 Å². The van der Waals surface area contributed by atoms with Crippen molar-refractivity contribution in [2.75, 3.05) is 5.32 Å². The van der Waals surface area contributed by atoms with Crippen LogP contribution in [0, 0.1) is 0 Å². The number of hydrogen-bond acceptors (Lipinski definition) is 4. The van der Waals surface area contributed by atoms with Crippen molar-refractivity contribution in [2.24, 2.45) is 0 Å². The fourth-order valence-electron chi connectivity index (χ4n) is 2.52. The Labute approximate surface area is 152 Å². The average Bonchev–Trinajstić information content (AvgIpc) is 2.95. The van der Waals surface area contributed by atoms with Crippen LogP contribution < -0.4 is 11.0 Å². The highest BCUT2D eigenvalue weighted by Gasteiger charge is 2.20. The van der Waals surface area contributed by atoms with Crippen LogP contribution in [0.4, 0.5) is 5.69 Å². The number of rotatable bonds is 8. The molecule has 25 heavy (non-hydrogen) atoms. The molecule has 0 unspecified atom stereocenters. The molecule has 0 bridgehead atoms. The topological polar surface area (TPSA) is 79.8 Å². The molecule has 1 aromatic heterocycles. The number of thioether (sulfide) groups is 1. The van der Waals surface area contributed by atoms with Gasteiger partial charge in [-0.1, -0.05) is 50.7 Å². The maximum atomic E-state index is 12.6. The Bertz CT molecular complexity index is 768. The number of carbonyl (C=O) groups excluding carboxylic acids is 1. The van der Waals surface area contributed by atoms with Gasteiger partial charge in [-0.05, 0) is 37.3 Å². The number of H-pyrrole nitrogens is 1. The number of aromatic amines is 1. The first-order valence-electron chi connectivity index (χ1n) is 8.69. The highest BCUT2D eigenvalue weighted by Crippen LogP contribution is 2.28. The predicted molar refractivity (Wildman–Crippen MR) is 102 cm³/mol. The monoisotopic (exact) mass is 362 g/mol. The number of anilines is 1. The van der Waals surface area contributed by atoms with E-state index in [1.165, 1.54) is 11.8 Å². The van der Waals surface area contributed by atoms with E-state index in [0.29, 0.717) is 17.6 Å². The molecule has 0 saturated carbocycles. The molecule has 1 heterocycles. The summed E-state index contributed by atoms with van der Waals surface area (Å²) >= 11 is 1.29. The molecule has 6 nitrogen and oxygen atoms in total. The third-order valence-corrected chi connectivity index (χ3v) is 5.27. The van der Waals surface area contributed by atoms with Gasteiger partial charge in [0.15, 0.2) is 5.16 Å². The lowest BCUT2D eigenvalue weighted by atomic mass is 9.97. The van der Waals surface area contributed by atoms with Crippen molar-refractivity contribution in [3.05, 3.63) is 40.3 Å². The summed E-state index contributed by atoms with van der Waals surface area (Å²) in [5.74, 6) is 0.278. The molecule has 1 aromatic carbocycles. The molecule has 0 aliphatic rings. The van der Waals surface area contributed by atoms with Crippen molar-refractivity contribution < 1.29 is 4.79 Å². The van der Waals surface area contributed by atoms with Crippen LogP contribution in [0.15, 0.2) is 34.2 Å². The minimum absolute atomic E-state index is 0.0979. The zero-order valence-corrected chi connectivity index (χ0v) is 16.0. The van der Waals surface area contributed by atoms with Gasteiger partial charge in [0.1, 0.15) is 0 Å². The Morgan fingerprint density at radius 1 is 1.32 bits per heavy atom. The lowest BCUT2D eigenvalue weighted by Gasteiger charge is -2.17. The van der Waals surface area contributed by atoms with Crippen LogP contribution >= 0.6 is 11.8 Å². The molecule has 0 aliphatic heterocycles. The summed E-state index contributed by atoms with van der Waals surface area (Å²) in [6, 6.07) is 7.89. The Balaban J connectivity index is 2.10. The van der Waals surface area contributed by atoms with Gasteiger partial charge in [-0.25, -0.2) is 9.89 Å². The highest BCUT2D eigenvalue weighted by molar-refractivity contribution is 8.00. The minimum Gasteiger partial charge on any atom is -0.325 e. The van der Waals surface area contributed by atoms with E-state index in [2.05, 4.69) is 29.4 Å². The normalized spacial score (nSPS) is 13.4. The molecule has 0 radical (unpaired) electrons. The second-order valence-corrected chi connectivity index (χ2v) is 7.42. The zero-order valence-electron chi connectivity index (χ0n) is 15.2. The SMILES string of the molecule is CCCn1c(S[C@@H](C)C(=O)Nc2ccccc2[C@@H](C)CC)n[nH]c1=O. The molecule has 0 aliphatic carbocycles. The van der Waals surface area contributed by atoms with Crippen molar-refractivity contribution in [1.29, 1.82) is 0 Å². The number of nitrogens with zero attached hydrogens (tertiary/aromatic N) is 2. The number of carbonyl (C=O) groups is 1. The van der Waals surface area contributed by atoms with Gasteiger partial charge in [0.05, 0.1) is 5.25 Å². The van der Waals surface area contributed by atoms with Crippen LogP contribution in [0.1, 0.15) is 52.0 Å². The quantitative estimate of drug-likeness (QED) is 0.703. The molecular weight excluding hydrogens is 336 g/mol. The summed E-state index contributed by atoms with van der Waals surface area (Å²) in [6.45, 7) is 8.68. The maximum absolute atomic E-state index is 12.6. The standard InChI is InChI=1S/C18H26N4O2S/c1-5-11-22-17(24)20-21-18(22)25-13(4)16(23)19-15-10-8-7-9-14(15)12(3)6-2/h7-10,12-13H,5-6,11H2,1-4H3,(H,19,23)(H,20,24)/t12-,13-/m0/s1. The van der Waals surface area contributed by atoms with E-state index in [1.807, 2.05) is 38.1 Å². The number of amides is 1. The third kappa shape index (κ3) is 4.75. The van der Waals surface area contributed by atoms with E-state index in [4.69, 9.17) is 0 Å². The van der Waals surface area contributed by atoms with Crippen LogP contribution in [0.25, 0.3) is 0 Å². The van der Waals surface area contributed by atoms with Crippen molar-refractivity contribution in [2.45, 2.75) is 63.4 Å². The first-order valence-corrected chi connectivity index (χ1v) is 9.57. The van der Waals surface area contributed by atoms with Crippen LogP contribution in [-0.4, -0.2) is 25.9 Å². The average molecular weight is 362 g/mol. The molecule has 1 amide bonds. The second kappa shape index (κ2) is 8.89. The molecule has 0 saturated heterocycles. The number of para-hydroxylation sites is 1. The molecule has 2 atom stereocenters. The molecule has 0 spiro atoms. The number of aromatic nitrogens is 3. The van der Waals surface area contributed by atoms with E-state index in [9.17, 15) is 9.59 Å². The highest BCUT2D eigenvalue weighted by atomic mass is 32.2. The molecular formula is C18H26N4O2S. The first kappa shape index (κ1) is 19.3. The van der Waals surface area contributed by atoms with Gasteiger partial charge in [-0.2, -0.15) is 0 Å². The van der Waals surface area contributed by atoms with E-state index in [-0.39, 0.29) is 16.8 Å². The van der Waals surface area contributed by atoms with E-state index in [1.54, 1.807) is 4.57 Å². The minimum atomic E-state index is -0.365. The van der Waals surface area contributed by atoms with Gasteiger partial charge in [-0.15, -0.1) is 5.10 Å². The fraction of sp³-hybridized carbons (Fsp3) is 0.500. The van der Waals surface area contributed by atoms with Gasteiger partial charge in [0.25, 0.3) is 0 Å². The van der Waals surface area contributed by atoms with Crippen LogP contribution in [0.5, 0.6) is 0 Å². The van der Waals surface area contributed by atoms with E-state index in [0.717, 1.165) is 24.1 Å². The number of benzene rings is 1. The Hall–Kier alpha value is -2.02. The summed E-state index contributed by atoms with van der Waals surface area (Å²) in [5.41, 5.74) is 1.75. The van der Waals surface area contributed by atoms with Crippen LogP contribution in [0.3, 0.4) is 0 Å². The molecule has 0 fully saturated rings. The molecule has 2 rings (SSSR count). The Morgan fingerprint density at radius 2 is 2.04 bits per heavy atom. The zero-order chi connectivity index (χ0) is 18.4. The second-order valence-electron chi connectivity index (χ2n) is 6.11. The third-order valence-electron chi connectivity index (χ3n) is 4.18. The predicted octanol–water partition coefficient (Wildman–Crippen LogP) is 3.61. The molecule has 2 N–H and O–H groups in total. The van der Waals surface area contributed by atoms with Gasteiger partial charge in [-0.3, -0.25) is 9.36 Å². The lowest BCUT2D eigenvalue weighted by molar-refractivity contribution is -0.115. The summed E-state index contributed by atoms with van der Waals surface area (Å²) in [6.07, 6.45) is 1.84. The van der Waals surface area contributed by atoms with Crippen molar-refractivity contribution in [3.8, 4) is 0 Å². The van der Waals surface area contributed by atoms with Gasteiger partial charge >= 0.3 is 5.69 Å². The number of nitrogens with one attached hydrogen (secondary N) is 2. The molecule has 136 valence electrons. The fourth-order valence-corrected chi connectivity index (χ4v) is 3.40. The van der Waals surface area contributed by atoms with Crippen LogP contribution in [-0.2, 0) is 11.3 Å².